The Morgan fingerprint density at radius 1 is 1.11 bits per heavy atom. The molecule has 0 fully saturated rings. The maximum absolute atomic E-state index is 5.80. The highest BCUT2D eigenvalue weighted by Gasteiger charge is 1.99. The first-order chi connectivity index (χ1) is 9.24. The molecule has 0 aromatic heterocycles. The molecule has 1 N–H and O–H groups in total. The lowest BCUT2D eigenvalue weighted by Gasteiger charge is -2.09. The summed E-state index contributed by atoms with van der Waals surface area (Å²) in [5.74, 6) is 1.01. The minimum atomic E-state index is 0.824. The molecule has 0 saturated carbocycles. The van der Waals surface area contributed by atoms with Gasteiger partial charge in [-0.05, 0) is 63.0 Å². The monoisotopic (exact) mass is 327 g/mol. The lowest BCUT2D eigenvalue weighted by molar-refractivity contribution is 0.302. The van der Waals surface area contributed by atoms with Crippen molar-refractivity contribution in [3.05, 3.63) is 28.2 Å². The molecular formula is C16H26BrNO. The number of hydrogen-bond donors (Lipinski definition) is 1. The lowest BCUT2D eigenvalue weighted by atomic mass is 10.2. The molecule has 0 aliphatic heterocycles. The summed E-state index contributed by atoms with van der Waals surface area (Å²) in [6.07, 6.45) is 6.18. The minimum Gasteiger partial charge on any atom is -0.493 e. The Hall–Kier alpha value is -0.540. The molecule has 3 heteroatoms. The van der Waals surface area contributed by atoms with E-state index in [0.717, 1.165) is 36.3 Å². The Kier molecular flexibility index (Phi) is 8.93. The molecule has 1 rings (SSSR count). The maximum atomic E-state index is 5.80. The van der Waals surface area contributed by atoms with Crippen LogP contribution in [0, 0.1) is 6.92 Å². The molecule has 0 aliphatic carbocycles. The van der Waals surface area contributed by atoms with Gasteiger partial charge < -0.3 is 10.1 Å². The number of ether oxygens (including phenoxy) is 1. The van der Waals surface area contributed by atoms with Gasteiger partial charge in [0.2, 0.25) is 0 Å². The predicted octanol–water partition coefficient (Wildman–Crippen LogP) is 4.70. The van der Waals surface area contributed by atoms with Gasteiger partial charge in [0.05, 0.1) is 6.61 Å². The molecule has 0 saturated heterocycles. The third kappa shape index (κ3) is 7.58. The van der Waals surface area contributed by atoms with E-state index in [-0.39, 0.29) is 0 Å². The van der Waals surface area contributed by atoms with Gasteiger partial charge in [0.1, 0.15) is 5.75 Å². The summed E-state index contributed by atoms with van der Waals surface area (Å²) in [7, 11) is 0. The second-order valence-electron chi connectivity index (χ2n) is 4.92. The van der Waals surface area contributed by atoms with Gasteiger partial charge >= 0.3 is 0 Å². The maximum Gasteiger partial charge on any atom is 0.122 e. The van der Waals surface area contributed by atoms with Crippen LogP contribution in [0.2, 0.25) is 0 Å². The average molecular weight is 328 g/mol. The van der Waals surface area contributed by atoms with Crippen LogP contribution in [-0.2, 0) is 0 Å². The van der Waals surface area contributed by atoms with Crippen LogP contribution >= 0.6 is 15.9 Å². The first-order valence-corrected chi connectivity index (χ1v) is 8.13. The summed E-state index contributed by atoms with van der Waals surface area (Å²) >= 11 is 3.46. The molecule has 108 valence electrons. The van der Waals surface area contributed by atoms with Gasteiger partial charge in [-0.25, -0.2) is 0 Å². The number of nitrogens with one attached hydrogen (secondary N) is 1. The van der Waals surface area contributed by atoms with Gasteiger partial charge in [-0.1, -0.05) is 35.7 Å². The van der Waals surface area contributed by atoms with Crippen LogP contribution in [0.3, 0.4) is 0 Å². The molecule has 0 bridgehead atoms. The van der Waals surface area contributed by atoms with Crippen molar-refractivity contribution in [2.75, 3.05) is 19.7 Å². The van der Waals surface area contributed by atoms with Crippen LogP contribution in [0.25, 0.3) is 0 Å². The molecule has 0 spiro atoms. The van der Waals surface area contributed by atoms with Crippen molar-refractivity contribution < 1.29 is 4.74 Å². The van der Waals surface area contributed by atoms with Gasteiger partial charge in [0.25, 0.3) is 0 Å². The normalized spacial score (nSPS) is 10.7. The van der Waals surface area contributed by atoms with E-state index in [4.69, 9.17) is 4.74 Å². The average Bonchev–Trinajstić information content (AvgIpc) is 2.39. The Bertz CT molecular complexity index is 355. The van der Waals surface area contributed by atoms with E-state index in [9.17, 15) is 0 Å². The number of halogens is 1. The van der Waals surface area contributed by atoms with E-state index in [2.05, 4.69) is 41.2 Å². The zero-order valence-corrected chi connectivity index (χ0v) is 13.8. The summed E-state index contributed by atoms with van der Waals surface area (Å²) in [6, 6.07) is 6.16. The van der Waals surface area contributed by atoms with Crippen LogP contribution in [-0.4, -0.2) is 19.7 Å². The zero-order valence-electron chi connectivity index (χ0n) is 12.2. The van der Waals surface area contributed by atoms with Crippen LogP contribution in [0.15, 0.2) is 22.7 Å². The summed E-state index contributed by atoms with van der Waals surface area (Å²) in [4.78, 5) is 0. The third-order valence-electron chi connectivity index (χ3n) is 3.07. The van der Waals surface area contributed by atoms with E-state index in [1.165, 1.54) is 31.2 Å². The second-order valence-corrected chi connectivity index (χ2v) is 5.84. The highest BCUT2D eigenvalue weighted by atomic mass is 79.9. The number of aryl methyl sites for hydroxylation is 1. The van der Waals surface area contributed by atoms with Crippen molar-refractivity contribution in [3.63, 3.8) is 0 Å². The largest absolute Gasteiger partial charge is 0.493 e. The zero-order chi connectivity index (χ0) is 13.9. The standard InChI is InChI=1S/C16H26BrNO/c1-3-10-18-11-6-4-5-7-12-19-16-9-8-15(17)13-14(16)2/h8-9,13,18H,3-7,10-12H2,1-2H3. The minimum absolute atomic E-state index is 0.824. The molecule has 0 atom stereocenters. The highest BCUT2D eigenvalue weighted by molar-refractivity contribution is 9.10. The van der Waals surface area contributed by atoms with E-state index in [1.54, 1.807) is 0 Å². The fourth-order valence-electron chi connectivity index (χ4n) is 1.96. The molecule has 0 aliphatic rings. The topological polar surface area (TPSA) is 21.3 Å². The van der Waals surface area contributed by atoms with E-state index in [0.29, 0.717) is 0 Å². The van der Waals surface area contributed by atoms with E-state index >= 15 is 0 Å². The summed E-state index contributed by atoms with van der Waals surface area (Å²) in [5, 5.41) is 3.43. The van der Waals surface area contributed by atoms with Crippen LogP contribution in [0.1, 0.15) is 44.6 Å². The van der Waals surface area contributed by atoms with Crippen molar-refractivity contribution in [3.8, 4) is 5.75 Å². The molecule has 0 heterocycles. The number of rotatable bonds is 10. The second kappa shape index (κ2) is 10.3. The fraction of sp³-hybridized carbons (Fsp3) is 0.625. The molecule has 19 heavy (non-hydrogen) atoms. The van der Waals surface area contributed by atoms with Crippen LogP contribution in [0.5, 0.6) is 5.75 Å². The van der Waals surface area contributed by atoms with Gasteiger partial charge in [-0.15, -0.1) is 0 Å². The lowest BCUT2D eigenvalue weighted by Crippen LogP contribution is -2.15. The van der Waals surface area contributed by atoms with Crippen molar-refractivity contribution in [1.82, 2.24) is 5.32 Å². The van der Waals surface area contributed by atoms with E-state index in [1.807, 2.05) is 12.1 Å². The van der Waals surface area contributed by atoms with Gasteiger partial charge in [-0.3, -0.25) is 0 Å². The number of hydrogen-bond acceptors (Lipinski definition) is 2. The highest BCUT2D eigenvalue weighted by Crippen LogP contribution is 2.22. The molecule has 1 aromatic rings. The summed E-state index contributed by atoms with van der Waals surface area (Å²) in [5.41, 5.74) is 1.19. The molecule has 0 amide bonds. The molecule has 1 aromatic carbocycles. The van der Waals surface area contributed by atoms with Gasteiger partial charge in [0.15, 0.2) is 0 Å². The number of benzene rings is 1. The van der Waals surface area contributed by atoms with E-state index < -0.39 is 0 Å². The quantitative estimate of drug-likeness (QED) is 0.629. The Labute approximate surface area is 126 Å². The van der Waals surface area contributed by atoms with Crippen molar-refractivity contribution in [2.24, 2.45) is 0 Å². The first kappa shape index (κ1) is 16.5. The van der Waals surface area contributed by atoms with Gasteiger partial charge in [0, 0.05) is 4.47 Å². The molecule has 0 unspecified atom stereocenters. The Balaban J connectivity index is 2.01. The number of unbranched alkanes of at least 4 members (excludes halogenated alkanes) is 3. The van der Waals surface area contributed by atoms with Gasteiger partial charge in [-0.2, -0.15) is 0 Å². The summed E-state index contributed by atoms with van der Waals surface area (Å²) < 4.78 is 6.91. The Morgan fingerprint density at radius 3 is 2.63 bits per heavy atom. The van der Waals surface area contributed by atoms with Crippen LogP contribution in [0.4, 0.5) is 0 Å². The van der Waals surface area contributed by atoms with Crippen molar-refractivity contribution >= 4 is 15.9 Å². The molecule has 0 radical (unpaired) electrons. The van der Waals surface area contributed by atoms with Crippen molar-refractivity contribution in [2.45, 2.75) is 46.0 Å². The fourth-order valence-corrected chi connectivity index (χ4v) is 2.44. The molecule has 2 nitrogen and oxygen atoms in total. The third-order valence-corrected chi connectivity index (χ3v) is 3.56. The van der Waals surface area contributed by atoms with Crippen molar-refractivity contribution in [1.29, 1.82) is 0 Å². The van der Waals surface area contributed by atoms with Crippen LogP contribution < -0.4 is 10.1 Å². The molecular weight excluding hydrogens is 302 g/mol. The Morgan fingerprint density at radius 2 is 1.89 bits per heavy atom. The first-order valence-electron chi connectivity index (χ1n) is 7.33. The predicted molar refractivity (Wildman–Crippen MR) is 86.0 cm³/mol. The SMILES string of the molecule is CCCNCCCCCCOc1ccc(Br)cc1C. The summed E-state index contributed by atoms with van der Waals surface area (Å²) in [6.45, 7) is 7.41. The smallest absolute Gasteiger partial charge is 0.122 e.